The standard InChI is InChI=1S/C14H17FO/c1-11(15)14(8-4-5-9-14)13-7-3-2-6-12(13)10-16/h2-3,6-7,10-11H,4-5,8-9H2,1H3. The van der Waals surface area contributed by atoms with Gasteiger partial charge in [0, 0.05) is 11.0 Å². The number of alkyl halides is 1. The van der Waals surface area contributed by atoms with Gasteiger partial charge < -0.3 is 0 Å². The third-order valence-corrected chi connectivity index (χ3v) is 3.88. The second-order valence-electron chi connectivity index (χ2n) is 4.68. The number of rotatable bonds is 3. The molecular formula is C14H17FO. The highest BCUT2D eigenvalue weighted by Crippen LogP contribution is 2.45. The maximum atomic E-state index is 13.9. The Hall–Kier alpha value is -1.18. The highest BCUT2D eigenvalue weighted by molar-refractivity contribution is 5.78. The van der Waals surface area contributed by atoms with Gasteiger partial charge in [0.25, 0.3) is 0 Å². The van der Waals surface area contributed by atoms with Crippen LogP contribution in [-0.4, -0.2) is 12.5 Å². The summed E-state index contributed by atoms with van der Waals surface area (Å²) >= 11 is 0. The smallest absolute Gasteiger partial charge is 0.150 e. The van der Waals surface area contributed by atoms with Crippen LogP contribution in [0.3, 0.4) is 0 Å². The summed E-state index contributed by atoms with van der Waals surface area (Å²) < 4.78 is 13.9. The highest BCUT2D eigenvalue weighted by atomic mass is 19.1. The molecule has 1 aromatic rings. The first-order valence-corrected chi connectivity index (χ1v) is 5.89. The van der Waals surface area contributed by atoms with Crippen LogP contribution < -0.4 is 0 Å². The lowest BCUT2D eigenvalue weighted by Crippen LogP contribution is -2.33. The predicted molar refractivity (Wildman–Crippen MR) is 62.5 cm³/mol. The molecule has 2 heteroatoms. The molecule has 16 heavy (non-hydrogen) atoms. The van der Waals surface area contributed by atoms with Gasteiger partial charge in [-0.2, -0.15) is 0 Å². The van der Waals surface area contributed by atoms with Gasteiger partial charge in [-0.3, -0.25) is 4.79 Å². The topological polar surface area (TPSA) is 17.1 Å². The van der Waals surface area contributed by atoms with E-state index in [1.165, 1.54) is 0 Å². The molecule has 1 saturated carbocycles. The van der Waals surface area contributed by atoms with Gasteiger partial charge >= 0.3 is 0 Å². The number of carbonyl (C=O) groups is 1. The zero-order valence-electron chi connectivity index (χ0n) is 9.58. The molecule has 0 bridgehead atoms. The Morgan fingerprint density at radius 1 is 1.31 bits per heavy atom. The molecule has 86 valence electrons. The molecule has 0 heterocycles. The van der Waals surface area contributed by atoms with Crippen molar-refractivity contribution in [3.8, 4) is 0 Å². The molecule has 1 aromatic carbocycles. The van der Waals surface area contributed by atoms with Gasteiger partial charge in [0.2, 0.25) is 0 Å². The van der Waals surface area contributed by atoms with E-state index in [-0.39, 0.29) is 0 Å². The van der Waals surface area contributed by atoms with E-state index in [4.69, 9.17) is 0 Å². The van der Waals surface area contributed by atoms with E-state index in [0.29, 0.717) is 5.56 Å². The van der Waals surface area contributed by atoms with Crippen molar-refractivity contribution in [2.45, 2.75) is 44.2 Å². The molecule has 1 fully saturated rings. The second-order valence-corrected chi connectivity index (χ2v) is 4.68. The third kappa shape index (κ3) is 1.66. The quantitative estimate of drug-likeness (QED) is 0.710. The molecule has 0 amide bonds. The third-order valence-electron chi connectivity index (χ3n) is 3.88. The summed E-state index contributed by atoms with van der Waals surface area (Å²) in [4.78, 5) is 11.0. The maximum Gasteiger partial charge on any atom is 0.150 e. The molecule has 0 saturated heterocycles. The van der Waals surface area contributed by atoms with E-state index in [0.717, 1.165) is 37.5 Å². The normalized spacial score (nSPS) is 20.6. The first-order chi connectivity index (χ1) is 7.70. The molecular weight excluding hydrogens is 203 g/mol. The molecule has 1 atom stereocenters. The number of benzene rings is 1. The van der Waals surface area contributed by atoms with Crippen molar-refractivity contribution in [1.29, 1.82) is 0 Å². The molecule has 0 aromatic heterocycles. The van der Waals surface area contributed by atoms with Crippen LogP contribution in [0.5, 0.6) is 0 Å². The van der Waals surface area contributed by atoms with Crippen LogP contribution in [0.1, 0.15) is 48.5 Å². The van der Waals surface area contributed by atoms with Gasteiger partial charge in [-0.1, -0.05) is 37.1 Å². The van der Waals surface area contributed by atoms with Gasteiger partial charge in [0.05, 0.1) is 0 Å². The molecule has 1 aliphatic carbocycles. The van der Waals surface area contributed by atoms with E-state index in [2.05, 4.69) is 0 Å². The van der Waals surface area contributed by atoms with Crippen molar-refractivity contribution in [2.75, 3.05) is 0 Å². The molecule has 2 rings (SSSR count). The average Bonchev–Trinajstić information content (AvgIpc) is 2.79. The van der Waals surface area contributed by atoms with Crippen LogP contribution in [0.25, 0.3) is 0 Å². The Kier molecular flexibility index (Phi) is 3.08. The summed E-state index contributed by atoms with van der Waals surface area (Å²) in [6, 6.07) is 7.42. The van der Waals surface area contributed by atoms with Crippen molar-refractivity contribution in [1.82, 2.24) is 0 Å². The lowest BCUT2D eigenvalue weighted by molar-refractivity contribution is 0.111. The summed E-state index contributed by atoms with van der Waals surface area (Å²) in [6.45, 7) is 1.62. The number of hydrogen-bond acceptors (Lipinski definition) is 1. The summed E-state index contributed by atoms with van der Waals surface area (Å²) in [5, 5.41) is 0. The maximum absolute atomic E-state index is 13.9. The molecule has 1 aliphatic rings. The van der Waals surface area contributed by atoms with Crippen LogP contribution >= 0.6 is 0 Å². The summed E-state index contributed by atoms with van der Waals surface area (Å²) in [6.07, 6.45) is 3.78. The van der Waals surface area contributed by atoms with Gasteiger partial charge in [-0.05, 0) is 25.3 Å². The predicted octanol–water partition coefficient (Wildman–Crippen LogP) is 3.67. The lowest BCUT2D eigenvalue weighted by atomic mass is 9.73. The van der Waals surface area contributed by atoms with Gasteiger partial charge in [-0.25, -0.2) is 4.39 Å². The number of halogens is 1. The lowest BCUT2D eigenvalue weighted by Gasteiger charge is -2.32. The van der Waals surface area contributed by atoms with E-state index in [1.54, 1.807) is 13.0 Å². The fourth-order valence-corrected chi connectivity index (χ4v) is 2.94. The average molecular weight is 220 g/mol. The number of carbonyl (C=O) groups excluding carboxylic acids is 1. The molecule has 0 aliphatic heterocycles. The van der Waals surface area contributed by atoms with Crippen molar-refractivity contribution in [2.24, 2.45) is 0 Å². The van der Waals surface area contributed by atoms with E-state index < -0.39 is 11.6 Å². The highest BCUT2D eigenvalue weighted by Gasteiger charge is 2.42. The zero-order valence-corrected chi connectivity index (χ0v) is 9.58. The van der Waals surface area contributed by atoms with Gasteiger partial charge in [0.15, 0.2) is 0 Å². The first-order valence-electron chi connectivity index (χ1n) is 5.89. The fraction of sp³-hybridized carbons (Fsp3) is 0.500. The van der Waals surface area contributed by atoms with Crippen LogP contribution in [0.4, 0.5) is 4.39 Å². The minimum absolute atomic E-state index is 0.419. The molecule has 0 radical (unpaired) electrons. The van der Waals surface area contributed by atoms with Crippen molar-refractivity contribution >= 4 is 6.29 Å². The van der Waals surface area contributed by atoms with Crippen LogP contribution in [0.2, 0.25) is 0 Å². The Labute approximate surface area is 95.7 Å². The van der Waals surface area contributed by atoms with Gasteiger partial charge in [0.1, 0.15) is 12.5 Å². The molecule has 0 N–H and O–H groups in total. The van der Waals surface area contributed by atoms with Crippen molar-refractivity contribution in [3.05, 3.63) is 35.4 Å². The van der Waals surface area contributed by atoms with E-state index in [9.17, 15) is 9.18 Å². The molecule has 1 unspecified atom stereocenters. The summed E-state index contributed by atoms with van der Waals surface area (Å²) in [5.41, 5.74) is 1.13. The van der Waals surface area contributed by atoms with E-state index in [1.807, 2.05) is 18.2 Å². The largest absolute Gasteiger partial charge is 0.298 e. The SMILES string of the molecule is CC(F)C1(c2ccccc2C=O)CCCC1. The monoisotopic (exact) mass is 220 g/mol. The Morgan fingerprint density at radius 2 is 1.94 bits per heavy atom. The zero-order chi connectivity index (χ0) is 11.6. The fourth-order valence-electron chi connectivity index (χ4n) is 2.94. The Bertz CT molecular complexity index is 378. The molecule has 1 nitrogen and oxygen atoms in total. The summed E-state index contributed by atoms with van der Waals surface area (Å²) in [5.74, 6) is 0. The van der Waals surface area contributed by atoms with Crippen molar-refractivity contribution in [3.63, 3.8) is 0 Å². The van der Waals surface area contributed by atoms with Gasteiger partial charge in [-0.15, -0.1) is 0 Å². The van der Waals surface area contributed by atoms with Crippen LogP contribution in [0, 0.1) is 0 Å². The Morgan fingerprint density at radius 3 is 2.50 bits per heavy atom. The van der Waals surface area contributed by atoms with Crippen molar-refractivity contribution < 1.29 is 9.18 Å². The van der Waals surface area contributed by atoms with Crippen LogP contribution in [0.15, 0.2) is 24.3 Å². The van der Waals surface area contributed by atoms with E-state index >= 15 is 0 Å². The minimum Gasteiger partial charge on any atom is -0.298 e. The number of hydrogen-bond donors (Lipinski definition) is 0. The second kappa shape index (κ2) is 4.36. The first kappa shape index (κ1) is 11.3. The minimum atomic E-state index is -0.893. The Balaban J connectivity index is 2.51. The van der Waals surface area contributed by atoms with Crippen LogP contribution in [-0.2, 0) is 5.41 Å². The summed E-state index contributed by atoms with van der Waals surface area (Å²) in [7, 11) is 0. The number of aldehydes is 1. The molecule has 0 spiro atoms.